The van der Waals surface area contributed by atoms with Gasteiger partial charge in [-0.2, -0.15) is 0 Å². The molecule has 4 heteroatoms. The third-order valence-electron chi connectivity index (χ3n) is 3.35. The van der Waals surface area contributed by atoms with Crippen LogP contribution in [-0.2, 0) is 19.0 Å². The van der Waals surface area contributed by atoms with Gasteiger partial charge in [-0.3, -0.25) is 0 Å². The summed E-state index contributed by atoms with van der Waals surface area (Å²) in [4.78, 5) is 8.00. The third kappa shape index (κ3) is 5.41. The molecule has 2 atom stereocenters. The van der Waals surface area contributed by atoms with Crippen molar-refractivity contribution in [3.05, 3.63) is 35.9 Å². The Kier molecular flexibility index (Phi) is 8.11. The van der Waals surface area contributed by atoms with Gasteiger partial charge in [-0.1, -0.05) is 30.3 Å². The Balaban J connectivity index is 0.000000291. The highest BCUT2D eigenvalue weighted by Gasteiger charge is 2.40. The number of ether oxygens (including phenoxy) is 3. The lowest BCUT2D eigenvalue weighted by Gasteiger charge is -2.16. The maximum absolute atomic E-state index is 8.00. The Bertz CT molecular complexity index is 341. The lowest BCUT2D eigenvalue weighted by molar-refractivity contribution is -0.138. The van der Waals surface area contributed by atoms with Crippen LogP contribution >= 0.6 is 0 Å². The van der Waals surface area contributed by atoms with Crippen molar-refractivity contribution in [3.8, 4) is 0 Å². The van der Waals surface area contributed by atoms with Crippen LogP contribution in [0.4, 0.5) is 0 Å². The first-order chi connectivity index (χ1) is 9.85. The van der Waals surface area contributed by atoms with E-state index in [0.29, 0.717) is 0 Å². The fraction of sp³-hybridized carbons (Fsp3) is 0.562. The van der Waals surface area contributed by atoms with E-state index in [1.165, 1.54) is 6.42 Å². The highest BCUT2D eigenvalue weighted by atomic mass is 16.7. The second-order valence-electron chi connectivity index (χ2n) is 4.74. The van der Waals surface area contributed by atoms with E-state index in [9.17, 15) is 0 Å². The lowest BCUT2D eigenvalue weighted by atomic mass is 10.2. The summed E-state index contributed by atoms with van der Waals surface area (Å²) in [6, 6.07) is 10.2. The van der Waals surface area contributed by atoms with Crippen LogP contribution in [0.3, 0.4) is 0 Å². The van der Waals surface area contributed by atoms with Gasteiger partial charge in [-0.25, -0.2) is 0 Å². The molecule has 112 valence electrons. The van der Waals surface area contributed by atoms with Gasteiger partial charge in [0.05, 0.1) is 13.2 Å². The van der Waals surface area contributed by atoms with E-state index in [0.717, 1.165) is 37.2 Å². The molecular formula is C16H24O4. The SMILES string of the molecule is C=O.CCOC.c1ccc(C2OCC3CC3CO2)cc1. The zero-order valence-electron chi connectivity index (χ0n) is 12.3. The molecule has 2 fully saturated rings. The van der Waals surface area contributed by atoms with Crippen LogP contribution in [0.5, 0.6) is 0 Å². The van der Waals surface area contributed by atoms with Crippen LogP contribution in [0, 0.1) is 11.8 Å². The Labute approximate surface area is 121 Å². The van der Waals surface area contributed by atoms with Gasteiger partial charge >= 0.3 is 0 Å². The molecule has 1 saturated carbocycles. The molecule has 1 saturated heterocycles. The second-order valence-corrected chi connectivity index (χ2v) is 4.74. The highest BCUT2D eigenvalue weighted by molar-refractivity contribution is 5.16. The summed E-state index contributed by atoms with van der Waals surface area (Å²) in [6.07, 6.45) is 1.16. The minimum atomic E-state index is -0.135. The minimum absolute atomic E-state index is 0.135. The van der Waals surface area contributed by atoms with Crippen molar-refractivity contribution >= 4 is 6.79 Å². The zero-order valence-corrected chi connectivity index (χ0v) is 12.3. The van der Waals surface area contributed by atoms with Crippen molar-refractivity contribution in [2.24, 2.45) is 11.8 Å². The molecular weight excluding hydrogens is 256 g/mol. The van der Waals surface area contributed by atoms with Crippen LogP contribution in [0.1, 0.15) is 25.2 Å². The fourth-order valence-electron chi connectivity index (χ4n) is 1.99. The molecule has 2 aliphatic rings. The van der Waals surface area contributed by atoms with Gasteiger partial charge in [0.25, 0.3) is 0 Å². The lowest BCUT2D eigenvalue weighted by Crippen LogP contribution is -2.08. The van der Waals surface area contributed by atoms with Crippen LogP contribution < -0.4 is 0 Å². The molecule has 20 heavy (non-hydrogen) atoms. The topological polar surface area (TPSA) is 44.8 Å². The quantitative estimate of drug-likeness (QED) is 0.835. The fourth-order valence-corrected chi connectivity index (χ4v) is 1.99. The molecule has 0 amide bonds. The third-order valence-corrected chi connectivity index (χ3v) is 3.35. The van der Waals surface area contributed by atoms with Crippen LogP contribution in [0.15, 0.2) is 30.3 Å². The van der Waals surface area contributed by atoms with Crippen molar-refractivity contribution in [2.75, 3.05) is 26.9 Å². The summed E-state index contributed by atoms with van der Waals surface area (Å²) in [5.74, 6) is 1.53. The van der Waals surface area contributed by atoms with Gasteiger partial charge in [0.2, 0.25) is 0 Å². The van der Waals surface area contributed by atoms with E-state index in [4.69, 9.17) is 14.3 Å². The minimum Gasteiger partial charge on any atom is -0.385 e. The maximum atomic E-state index is 8.00. The first-order valence-corrected chi connectivity index (χ1v) is 6.91. The second kappa shape index (κ2) is 9.64. The summed E-state index contributed by atoms with van der Waals surface area (Å²) < 4.78 is 16.0. The van der Waals surface area contributed by atoms with Gasteiger partial charge in [0.15, 0.2) is 6.29 Å². The Morgan fingerprint density at radius 2 is 1.65 bits per heavy atom. The van der Waals surface area contributed by atoms with Crippen LogP contribution in [0.25, 0.3) is 0 Å². The smallest absolute Gasteiger partial charge is 0.183 e. The number of hydrogen-bond donors (Lipinski definition) is 0. The number of fused-ring (bicyclic) bond motifs is 1. The highest BCUT2D eigenvalue weighted by Crippen LogP contribution is 2.43. The van der Waals surface area contributed by atoms with Gasteiger partial charge in [0, 0.05) is 19.3 Å². The molecule has 1 aromatic carbocycles. The largest absolute Gasteiger partial charge is 0.385 e. The number of carbonyl (C=O) groups is 1. The molecule has 0 spiro atoms. The molecule has 3 rings (SSSR count). The molecule has 1 aromatic rings. The van der Waals surface area contributed by atoms with Crippen LogP contribution in [-0.4, -0.2) is 33.7 Å². The summed E-state index contributed by atoms with van der Waals surface area (Å²) in [7, 11) is 1.68. The molecule has 0 radical (unpaired) electrons. The van der Waals surface area contributed by atoms with E-state index in [1.807, 2.05) is 31.9 Å². The van der Waals surface area contributed by atoms with E-state index < -0.39 is 0 Å². The monoisotopic (exact) mass is 280 g/mol. The van der Waals surface area contributed by atoms with Gasteiger partial charge in [-0.05, 0) is 25.2 Å². The molecule has 2 unspecified atom stereocenters. The number of benzene rings is 1. The normalized spacial score (nSPS) is 26.8. The van der Waals surface area contributed by atoms with Crippen molar-refractivity contribution in [3.63, 3.8) is 0 Å². The molecule has 0 bridgehead atoms. The number of methoxy groups -OCH3 is 1. The maximum Gasteiger partial charge on any atom is 0.183 e. The Morgan fingerprint density at radius 1 is 1.15 bits per heavy atom. The van der Waals surface area contributed by atoms with Crippen molar-refractivity contribution in [1.82, 2.24) is 0 Å². The van der Waals surface area contributed by atoms with Gasteiger partial charge < -0.3 is 19.0 Å². The van der Waals surface area contributed by atoms with E-state index >= 15 is 0 Å². The van der Waals surface area contributed by atoms with Crippen molar-refractivity contribution in [2.45, 2.75) is 19.6 Å². The molecule has 4 nitrogen and oxygen atoms in total. The molecule has 1 heterocycles. The number of carbonyl (C=O) groups excluding carboxylic acids is 1. The van der Waals surface area contributed by atoms with E-state index in [1.54, 1.807) is 7.11 Å². The summed E-state index contributed by atoms with van der Waals surface area (Å²) in [6.45, 7) is 6.51. The van der Waals surface area contributed by atoms with Crippen molar-refractivity contribution in [1.29, 1.82) is 0 Å². The molecule has 1 aliphatic carbocycles. The number of rotatable bonds is 2. The van der Waals surface area contributed by atoms with Crippen LogP contribution in [0.2, 0.25) is 0 Å². The Morgan fingerprint density at radius 3 is 2.10 bits per heavy atom. The molecule has 0 N–H and O–H groups in total. The number of hydrogen-bond acceptors (Lipinski definition) is 4. The zero-order chi connectivity index (χ0) is 14.8. The summed E-state index contributed by atoms with van der Waals surface area (Å²) in [5.41, 5.74) is 1.13. The summed E-state index contributed by atoms with van der Waals surface area (Å²) in [5, 5.41) is 0. The van der Waals surface area contributed by atoms with E-state index in [-0.39, 0.29) is 6.29 Å². The first-order valence-electron chi connectivity index (χ1n) is 6.91. The summed E-state index contributed by atoms with van der Waals surface area (Å²) >= 11 is 0. The van der Waals surface area contributed by atoms with Gasteiger partial charge in [0.1, 0.15) is 6.79 Å². The van der Waals surface area contributed by atoms with Gasteiger partial charge in [-0.15, -0.1) is 0 Å². The predicted octanol–water partition coefficient (Wildman–Crippen LogP) is 2.84. The van der Waals surface area contributed by atoms with Crippen molar-refractivity contribution < 1.29 is 19.0 Å². The Hall–Kier alpha value is -1.23. The predicted molar refractivity (Wildman–Crippen MR) is 77.4 cm³/mol. The average Bonchev–Trinajstić information content (AvgIpc) is 3.29. The van der Waals surface area contributed by atoms with E-state index in [2.05, 4.69) is 16.9 Å². The first kappa shape index (κ1) is 16.8. The average molecular weight is 280 g/mol. The standard InChI is InChI=1S/C12H14O2.C3H8O.CH2O/c1-2-4-9(5-3-1)12-13-7-10-6-11(10)8-14-12;1-3-4-2;1-2/h1-5,10-12H,6-8H2;3H2,1-2H3;1H2. The molecule has 0 aromatic heterocycles. The molecule has 1 aliphatic heterocycles.